The number of rotatable bonds is 3. The molecule has 5 heteroatoms. The van der Waals surface area contributed by atoms with Crippen LogP contribution in [0.5, 0.6) is 0 Å². The zero-order valence-corrected chi connectivity index (χ0v) is 7.65. The quantitative estimate of drug-likeness (QED) is 0.541. The molecule has 0 atom stereocenters. The lowest BCUT2D eigenvalue weighted by atomic mass is 10.4. The molecule has 1 rings (SSSR count). The van der Waals surface area contributed by atoms with E-state index in [1.165, 1.54) is 4.42 Å². The maximum absolute atomic E-state index is 5.72. The number of nitrogens with zero attached hydrogens (tertiary/aromatic N) is 2. The lowest BCUT2D eigenvalue weighted by Crippen LogP contribution is -2.22. The van der Waals surface area contributed by atoms with Crippen LogP contribution in [0, 0.1) is 0 Å². The second-order valence-corrected chi connectivity index (χ2v) is 3.21. The molecule has 0 aromatic carbocycles. The predicted molar refractivity (Wildman–Crippen MR) is 46.9 cm³/mol. The number of nitrogens with two attached hydrogens (primary N) is 1. The molecule has 0 aromatic rings. The van der Waals surface area contributed by atoms with Gasteiger partial charge in [0.2, 0.25) is 0 Å². The molecular weight excluding hydrogens is 185 g/mol. The third-order valence-electron chi connectivity index (χ3n) is 1.48. The van der Waals surface area contributed by atoms with E-state index in [0.29, 0.717) is 18.4 Å². The topological polar surface area (TPSA) is 32.5 Å². The third kappa shape index (κ3) is 2.43. The predicted octanol–water partition coefficient (Wildman–Crippen LogP) is 1.10. The number of halogens is 2. The molecule has 0 radical (unpaired) electrons. The van der Waals surface area contributed by atoms with Crippen LogP contribution in [0.2, 0.25) is 0 Å². The standard InChI is InChI=1S/C6H11Cl2N3/c7-6-4-10(3-1-2-9)5-11(6)8/h4H,1-3,5,9H2. The molecule has 11 heavy (non-hydrogen) atoms. The van der Waals surface area contributed by atoms with E-state index in [-0.39, 0.29) is 0 Å². The number of hydrogen-bond acceptors (Lipinski definition) is 3. The molecule has 64 valence electrons. The highest BCUT2D eigenvalue weighted by molar-refractivity contribution is 6.33. The average Bonchev–Trinajstić information content (AvgIpc) is 2.28. The number of hydrogen-bond donors (Lipinski definition) is 1. The molecule has 0 aromatic heterocycles. The van der Waals surface area contributed by atoms with E-state index in [0.717, 1.165) is 13.0 Å². The summed E-state index contributed by atoms with van der Waals surface area (Å²) in [6, 6.07) is 0. The zero-order valence-electron chi connectivity index (χ0n) is 6.13. The molecule has 0 spiro atoms. The van der Waals surface area contributed by atoms with Crippen molar-refractivity contribution in [1.82, 2.24) is 9.32 Å². The minimum atomic E-state index is 0.573. The Morgan fingerprint density at radius 1 is 1.64 bits per heavy atom. The SMILES string of the molecule is NCCCN1C=C(Cl)N(Cl)C1. The van der Waals surface area contributed by atoms with E-state index in [1.807, 2.05) is 11.1 Å². The van der Waals surface area contributed by atoms with E-state index in [2.05, 4.69) is 0 Å². The van der Waals surface area contributed by atoms with Gasteiger partial charge in [-0.1, -0.05) is 11.6 Å². The van der Waals surface area contributed by atoms with Crippen LogP contribution in [0.3, 0.4) is 0 Å². The minimum absolute atomic E-state index is 0.573. The Morgan fingerprint density at radius 3 is 2.82 bits per heavy atom. The van der Waals surface area contributed by atoms with Gasteiger partial charge in [0.15, 0.2) is 0 Å². The molecule has 0 bridgehead atoms. The Balaban J connectivity index is 2.29. The zero-order chi connectivity index (χ0) is 8.27. The van der Waals surface area contributed by atoms with Gasteiger partial charge in [-0.3, -0.25) is 4.42 Å². The molecule has 0 saturated carbocycles. The van der Waals surface area contributed by atoms with Gasteiger partial charge in [-0.15, -0.1) is 0 Å². The summed E-state index contributed by atoms with van der Waals surface area (Å²) < 4.78 is 1.47. The summed E-state index contributed by atoms with van der Waals surface area (Å²) in [5.74, 6) is 0. The van der Waals surface area contributed by atoms with Crippen LogP contribution >= 0.6 is 23.4 Å². The van der Waals surface area contributed by atoms with E-state index < -0.39 is 0 Å². The molecule has 1 aliphatic rings. The molecule has 1 aliphatic heterocycles. The van der Waals surface area contributed by atoms with Crippen molar-refractivity contribution in [3.63, 3.8) is 0 Å². The molecule has 3 nitrogen and oxygen atoms in total. The summed E-state index contributed by atoms with van der Waals surface area (Å²) in [5.41, 5.74) is 5.35. The van der Waals surface area contributed by atoms with Gasteiger partial charge < -0.3 is 10.6 Å². The van der Waals surface area contributed by atoms with Gasteiger partial charge in [-0.05, 0) is 13.0 Å². The first-order chi connectivity index (χ1) is 5.24. The van der Waals surface area contributed by atoms with Gasteiger partial charge in [0.05, 0.1) is 0 Å². The third-order valence-corrected chi connectivity index (χ3v) is 2.15. The minimum Gasteiger partial charge on any atom is -0.356 e. The van der Waals surface area contributed by atoms with Crippen molar-refractivity contribution in [1.29, 1.82) is 0 Å². The van der Waals surface area contributed by atoms with Crippen molar-refractivity contribution in [3.05, 3.63) is 11.4 Å². The normalized spacial score (nSPS) is 17.5. The molecular formula is C6H11Cl2N3. The van der Waals surface area contributed by atoms with Crippen molar-refractivity contribution >= 4 is 23.4 Å². The first-order valence-electron chi connectivity index (χ1n) is 3.49. The largest absolute Gasteiger partial charge is 0.356 e. The van der Waals surface area contributed by atoms with Gasteiger partial charge in [0.25, 0.3) is 0 Å². The summed E-state index contributed by atoms with van der Waals surface area (Å²) in [5, 5.41) is 0.573. The molecule has 0 unspecified atom stereocenters. The summed E-state index contributed by atoms with van der Waals surface area (Å²) in [4.78, 5) is 2.03. The van der Waals surface area contributed by atoms with E-state index >= 15 is 0 Å². The Labute approximate surface area is 76.4 Å². The van der Waals surface area contributed by atoms with Crippen LogP contribution in [-0.2, 0) is 0 Å². The molecule has 0 aliphatic carbocycles. The molecule has 0 fully saturated rings. The van der Waals surface area contributed by atoms with Crippen molar-refractivity contribution in [2.75, 3.05) is 19.8 Å². The highest BCUT2D eigenvalue weighted by atomic mass is 35.5. The van der Waals surface area contributed by atoms with Crippen molar-refractivity contribution in [3.8, 4) is 0 Å². The fourth-order valence-electron chi connectivity index (χ4n) is 0.911. The van der Waals surface area contributed by atoms with Gasteiger partial charge >= 0.3 is 0 Å². The summed E-state index contributed by atoms with van der Waals surface area (Å²) >= 11 is 11.4. The fourth-order valence-corrected chi connectivity index (χ4v) is 1.28. The van der Waals surface area contributed by atoms with Gasteiger partial charge in [0.1, 0.15) is 11.8 Å². The Hall–Kier alpha value is -0.120. The molecule has 0 amide bonds. The van der Waals surface area contributed by atoms with Crippen LogP contribution in [0.1, 0.15) is 6.42 Å². The van der Waals surface area contributed by atoms with Gasteiger partial charge in [0, 0.05) is 24.5 Å². The fraction of sp³-hybridized carbons (Fsp3) is 0.667. The highest BCUT2D eigenvalue weighted by Gasteiger charge is 2.16. The van der Waals surface area contributed by atoms with Crippen molar-refractivity contribution < 1.29 is 0 Å². The first kappa shape index (κ1) is 8.97. The van der Waals surface area contributed by atoms with Crippen molar-refractivity contribution in [2.45, 2.75) is 6.42 Å². The molecule has 0 saturated heterocycles. The Kier molecular flexibility index (Phi) is 3.30. The van der Waals surface area contributed by atoms with Crippen LogP contribution in [0.25, 0.3) is 0 Å². The van der Waals surface area contributed by atoms with Crippen LogP contribution < -0.4 is 5.73 Å². The van der Waals surface area contributed by atoms with Crippen LogP contribution in [0.15, 0.2) is 11.4 Å². The molecule has 1 heterocycles. The van der Waals surface area contributed by atoms with Crippen molar-refractivity contribution in [2.24, 2.45) is 5.73 Å². The lowest BCUT2D eigenvalue weighted by Gasteiger charge is -2.15. The Bertz CT molecular complexity index is 160. The smallest absolute Gasteiger partial charge is 0.137 e. The molecule has 2 N–H and O–H groups in total. The van der Waals surface area contributed by atoms with E-state index in [4.69, 9.17) is 29.1 Å². The van der Waals surface area contributed by atoms with E-state index in [9.17, 15) is 0 Å². The second-order valence-electron chi connectivity index (χ2n) is 2.41. The van der Waals surface area contributed by atoms with Crippen LogP contribution in [-0.4, -0.2) is 29.1 Å². The van der Waals surface area contributed by atoms with E-state index in [1.54, 1.807) is 0 Å². The Morgan fingerprint density at radius 2 is 2.36 bits per heavy atom. The summed E-state index contributed by atoms with van der Waals surface area (Å²) in [6.45, 7) is 2.26. The van der Waals surface area contributed by atoms with Gasteiger partial charge in [-0.25, -0.2) is 0 Å². The highest BCUT2D eigenvalue weighted by Crippen LogP contribution is 2.20. The summed E-state index contributed by atoms with van der Waals surface area (Å²) in [7, 11) is 0. The maximum atomic E-state index is 5.72. The summed E-state index contributed by atoms with van der Waals surface area (Å²) in [6.07, 6.45) is 2.79. The average molecular weight is 196 g/mol. The first-order valence-corrected chi connectivity index (χ1v) is 4.20. The maximum Gasteiger partial charge on any atom is 0.137 e. The van der Waals surface area contributed by atoms with Crippen LogP contribution in [0.4, 0.5) is 0 Å². The second kappa shape index (κ2) is 4.04. The lowest BCUT2D eigenvalue weighted by molar-refractivity contribution is 0.338. The van der Waals surface area contributed by atoms with Gasteiger partial charge in [-0.2, -0.15) is 0 Å². The monoisotopic (exact) mass is 195 g/mol.